The monoisotopic (exact) mass is 428 g/mol. The summed E-state index contributed by atoms with van der Waals surface area (Å²) in [7, 11) is 3.29. The molecule has 1 aromatic heterocycles. The lowest BCUT2D eigenvalue weighted by Gasteiger charge is -2.31. The van der Waals surface area contributed by atoms with Crippen LogP contribution in [0.2, 0.25) is 0 Å². The number of benzene rings is 1. The third kappa shape index (κ3) is 4.42. The lowest BCUT2D eigenvalue weighted by molar-refractivity contribution is -0.121. The van der Waals surface area contributed by atoms with Crippen LogP contribution < -0.4 is 19.9 Å². The number of aromatic nitrogens is 3. The molecule has 1 saturated carbocycles. The van der Waals surface area contributed by atoms with Gasteiger partial charge in [0, 0.05) is 37.7 Å². The zero-order valence-corrected chi connectivity index (χ0v) is 17.6. The number of hydrogen-bond acceptors (Lipinski definition) is 8. The normalized spacial score (nSPS) is 17.2. The molecule has 31 heavy (non-hydrogen) atoms. The Morgan fingerprint density at radius 1 is 1.10 bits per heavy atom. The third-order valence-corrected chi connectivity index (χ3v) is 5.71. The van der Waals surface area contributed by atoms with Crippen molar-refractivity contribution in [3.8, 4) is 5.75 Å². The van der Waals surface area contributed by atoms with Gasteiger partial charge >= 0.3 is 0 Å². The summed E-state index contributed by atoms with van der Waals surface area (Å²) in [6.45, 7) is 0. The number of methoxy groups -OCH3 is 1. The van der Waals surface area contributed by atoms with Crippen LogP contribution in [0.3, 0.4) is 0 Å². The molecule has 2 heterocycles. The first-order valence-electron chi connectivity index (χ1n) is 10.4. The highest BCUT2D eigenvalue weighted by molar-refractivity contribution is 6.18. The van der Waals surface area contributed by atoms with Gasteiger partial charge in [-0.3, -0.25) is 9.59 Å². The second kappa shape index (κ2) is 8.83. The molecule has 0 atom stereocenters. The molecule has 1 N–H and O–H groups in total. The molecule has 9 nitrogen and oxygen atoms in total. The van der Waals surface area contributed by atoms with Crippen LogP contribution in [0.5, 0.6) is 5.75 Å². The molecule has 0 bridgehead atoms. The molecule has 1 aliphatic heterocycles. The molecule has 2 fully saturated rings. The molecule has 1 aliphatic carbocycles. The first-order chi connectivity index (χ1) is 15.0. The average molecular weight is 428 g/mol. The van der Waals surface area contributed by atoms with Gasteiger partial charge in [0.2, 0.25) is 29.7 Å². The Bertz CT molecular complexity index is 979. The summed E-state index contributed by atoms with van der Waals surface area (Å²) in [6.07, 6.45) is 5.77. The van der Waals surface area contributed by atoms with E-state index in [0.717, 1.165) is 30.6 Å². The van der Waals surface area contributed by atoms with E-state index < -0.39 is 5.82 Å². The number of carbonyl (C=O) groups is 2. The number of imide groups is 1. The molecule has 4 rings (SSSR count). The number of carbonyl (C=O) groups excluding carboxylic acids is 2. The second-order valence-corrected chi connectivity index (χ2v) is 7.76. The van der Waals surface area contributed by atoms with Crippen LogP contribution in [-0.4, -0.2) is 47.0 Å². The molecule has 0 spiro atoms. The fourth-order valence-corrected chi connectivity index (χ4v) is 3.97. The Hall–Kier alpha value is -3.30. The third-order valence-electron chi connectivity index (χ3n) is 5.71. The fourth-order valence-electron chi connectivity index (χ4n) is 3.97. The molecular formula is C21H25FN6O3. The Morgan fingerprint density at radius 3 is 2.45 bits per heavy atom. The minimum atomic E-state index is -0.536. The van der Waals surface area contributed by atoms with E-state index in [2.05, 4.69) is 20.3 Å². The summed E-state index contributed by atoms with van der Waals surface area (Å²) < 4.78 is 19.1. The zero-order chi connectivity index (χ0) is 22.0. The van der Waals surface area contributed by atoms with Crippen molar-refractivity contribution in [1.82, 2.24) is 15.0 Å². The van der Waals surface area contributed by atoms with E-state index in [9.17, 15) is 14.0 Å². The summed E-state index contributed by atoms with van der Waals surface area (Å²) in [6, 6.07) is 4.64. The molecule has 1 aromatic carbocycles. The van der Waals surface area contributed by atoms with Gasteiger partial charge in [-0.1, -0.05) is 19.3 Å². The Labute approximate surface area is 179 Å². The van der Waals surface area contributed by atoms with E-state index >= 15 is 0 Å². The van der Waals surface area contributed by atoms with Gasteiger partial charge < -0.3 is 15.0 Å². The summed E-state index contributed by atoms with van der Waals surface area (Å²) in [5.41, 5.74) is 0.404. The molecule has 2 aromatic rings. The Balaban J connectivity index is 1.69. The molecule has 2 amide bonds. The Morgan fingerprint density at radius 2 is 1.81 bits per heavy atom. The summed E-state index contributed by atoms with van der Waals surface area (Å²) >= 11 is 0. The molecular weight excluding hydrogens is 403 g/mol. The SMILES string of the molecule is COc1ccc(Nc2nc(N3C(=O)CCC3=O)nc(N(C)C3CCCCC3)n2)cc1F. The van der Waals surface area contributed by atoms with E-state index in [-0.39, 0.29) is 48.3 Å². The Kier molecular flexibility index (Phi) is 5.97. The molecule has 2 aliphatic rings. The number of amides is 2. The highest BCUT2D eigenvalue weighted by Gasteiger charge is 2.34. The van der Waals surface area contributed by atoms with Crippen LogP contribution >= 0.6 is 0 Å². The van der Waals surface area contributed by atoms with E-state index in [1.54, 1.807) is 6.07 Å². The van der Waals surface area contributed by atoms with Crippen molar-refractivity contribution in [2.45, 2.75) is 51.0 Å². The maximum absolute atomic E-state index is 14.1. The van der Waals surface area contributed by atoms with Crippen LogP contribution in [0.25, 0.3) is 0 Å². The molecule has 0 unspecified atom stereocenters. The van der Waals surface area contributed by atoms with Crippen molar-refractivity contribution in [3.63, 3.8) is 0 Å². The van der Waals surface area contributed by atoms with E-state index in [0.29, 0.717) is 11.6 Å². The average Bonchev–Trinajstić information content (AvgIpc) is 3.11. The van der Waals surface area contributed by atoms with Gasteiger partial charge in [0.15, 0.2) is 11.6 Å². The molecule has 10 heteroatoms. The minimum Gasteiger partial charge on any atom is -0.494 e. The first-order valence-corrected chi connectivity index (χ1v) is 10.4. The number of halogens is 1. The van der Waals surface area contributed by atoms with E-state index in [1.165, 1.54) is 25.7 Å². The van der Waals surface area contributed by atoms with Gasteiger partial charge in [-0.15, -0.1) is 0 Å². The number of hydrogen-bond donors (Lipinski definition) is 1. The fraction of sp³-hybridized carbons (Fsp3) is 0.476. The predicted octanol–water partition coefficient (Wildman–Crippen LogP) is 3.19. The second-order valence-electron chi connectivity index (χ2n) is 7.76. The van der Waals surface area contributed by atoms with E-state index in [4.69, 9.17) is 4.74 Å². The van der Waals surface area contributed by atoms with Crippen molar-refractivity contribution in [1.29, 1.82) is 0 Å². The quantitative estimate of drug-likeness (QED) is 0.700. The molecule has 0 radical (unpaired) electrons. The highest BCUT2D eigenvalue weighted by Crippen LogP contribution is 2.28. The minimum absolute atomic E-state index is 0.0170. The van der Waals surface area contributed by atoms with Gasteiger partial charge in [-0.2, -0.15) is 15.0 Å². The number of anilines is 4. The van der Waals surface area contributed by atoms with Crippen LogP contribution in [0.15, 0.2) is 18.2 Å². The number of nitrogens with zero attached hydrogens (tertiary/aromatic N) is 5. The van der Waals surface area contributed by atoms with Gasteiger partial charge in [-0.25, -0.2) is 9.29 Å². The largest absolute Gasteiger partial charge is 0.494 e. The number of rotatable bonds is 6. The molecule has 1 saturated heterocycles. The van der Waals surface area contributed by atoms with Crippen LogP contribution in [-0.2, 0) is 9.59 Å². The predicted molar refractivity (Wildman–Crippen MR) is 113 cm³/mol. The van der Waals surface area contributed by atoms with Crippen LogP contribution in [0, 0.1) is 5.82 Å². The number of nitrogens with one attached hydrogen (secondary N) is 1. The van der Waals surface area contributed by atoms with Gasteiger partial charge in [0.25, 0.3) is 0 Å². The van der Waals surface area contributed by atoms with Crippen LogP contribution in [0.4, 0.5) is 27.9 Å². The topological polar surface area (TPSA) is 101 Å². The van der Waals surface area contributed by atoms with E-state index in [1.807, 2.05) is 11.9 Å². The van der Waals surface area contributed by atoms with Crippen molar-refractivity contribution < 1.29 is 18.7 Å². The van der Waals surface area contributed by atoms with Gasteiger partial charge in [0.1, 0.15) is 0 Å². The summed E-state index contributed by atoms with van der Waals surface area (Å²) in [4.78, 5) is 40.7. The lowest BCUT2D eigenvalue weighted by Crippen LogP contribution is -2.36. The van der Waals surface area contributed by atoms with Crippen molar-refractivity contribution in [2.75, 3.05) is 29.3 Å². The van der Waals surface area contributed by atoms with Gasteiger partial charge in [-0.05, 0) is 25.0 Å². The maximum Gasteiger partial charge on any atom is 0.245 e. The standard InChI is InChI=1S/C21H25FN6O3/c1-27(14-6-4-3-5-7-14)20-24-19(23-13-8-9-16(31-2)15(22)12-13)25-21(26-20)28-17(29)10-11-18(28)30/h8-9,12,14H,3-7,10-11H2,1-2H3,(H,23,24,25,26). The summed E-state index contributed by atoms with van der Waals surface area (Å²) in [5.74, 6) is -0.635. The molecule has 164 valence electrons. The first kappa shape index (κ1) is 21.0. The summed E-state index contributed by atoms with van der Waals surface area (Å²) in [5, 5.41) is 2.95. The smallest absolute Gasteiger partial charge is 0.245 e. The zero-order valence-electron chi connectivity index (χ0n) is 17.6. The van der Waals surface area contributed by atoms with Gasteiger partial charge in [0.05, 0.1) is 7.11 Å². The maximum atomic E-state index is 14.1. The van der Waals surface area contributed by atoms with Crippen LogP contribution in [0.1, 0.15) is 44.9 Å². The van der Waals surface area contributed by atoms with Crippen molar-refractivity contribution >= 4 is 35.3 Å². The lowest BCUT2D eigenvalue weighted by atomic mass is 9.95. The highest BCUT2D eigenvalue weighted by atomic mass is 19.1. The van der Waals surface area contributed by atoms with Crippen molar-refractivity contribution in [3.05, 3.63) is 24.0 Å². The number of ether oxygens (including phenoxy) is 1. The van der Waals surface area contributed by atoms with Crippen molar-refractivity contribution in [2.24, 2.45) is 0 Å².